The van der Waals surface area contributed by atoms with Crippen molar-refractivity contribution in [2.75, 3.05) is 5.32 Å². The van der Waals surface area contributed by atoms with Crippen molar-refractivity contribution in [2.24, 2.45) is 5.11 Å². The fraction of sp³-hybridized carbons (Fsp3) is 0.0500. The number of anilines is 1. The molecular weight excluding hydrogens is 332 g/mol. The zero-order valence-corrected chi connectivity index (χ0v) is 14.2. The maximum atomic E-state index is 7.60. The van der Waals surface area contributed by atoms with Crippen molar-refractivity contribution in [3.63, 3.8) is 0 Å². The maximum absolute atomic E-state index is 7.60. The topological polar surface area (TPSA) is 72.1 Å². The first-order valence-electron chi connectivity index (χ1n) is 7.81. The fourth-order valence-corrected chi connectivity index (χ4v) is 2.79. The highest BCUT2D eigenvalue weighted by atomic mass is 35.5. The van der Waals surface area contributed by atoms with E-state index in [1.165, 1.54) is 0 Å². The summed E-state index contributed by atoms with van der Waals surface area (Å²) in [4.78, 5) is 0. The molecule has 0 aliphatic rings. The summed E-state index contributed by atoms with van der Waals surface area (Å²) in [6.07, 6.45) is 0. The second-order valence-electron chi connectivity index (χ2n) is 5.57. The molecule has 0 unspecified atom stereocenters. The summed E-state index contributed by atoms with van der Waals surface area (Å²) in [7, 11) is 0. The Bertz CT molecular complexity index is 904. The summed E-state index contributed by atoms with van der Waals surface area (Å²) in [5, 5.41) is 14.8. The third-order valence-corrected chi connectivity index (χ3v) is 4.21. The van der Waals surface area contributed by atoms with Crippen molar-refractivity contribution in [1.29, 1.82) is 10.9 Å². The Labute approximate surface area is 151 Å². The number of nitrogens with one attached hydrogen (secondary N) is 3. The van der Waals surface area contributed by atoms with E-state index in [0.29, 0.717) is 12.1 Å². The maximum Gasteiger partial charge on any atom is 0.173 e. The average Bonchev–Trinajstić information content (AvgIpc) is 2.67. The Kier molecular flexibility index (Phi) is 5.21. The van der Waals surface area contributed by atoms with Crippen LogP contribution in [0, 0.1) is 10.9 Å². The molecule has 3 aromatic rings. The molecule has 0 spiro atoms. The van der Waals surface area contributed by atoms with Crippen molar-refractivity contribution >= 4 is 23.1 Å². The van der Waals surface area contributed by atoms with E-state index in [1.807, 2.05) is 42.5 Å². The van der Waals surface area contributed by atoms with Crippen LogP contribution in [0.4, 0.5) is 5.69 Å². The molecule has 3 aromatic carbocycles. The van der Waals surface area contributed by atoms with Gasteiger partial charge in [0.15, 0.2) is 5.84 Å². The van der Waals surface area contributed by atoms with Gasteiger partial charge in [-0.1, -0.05) is 66.2 Å². The second kappa shape index (κ2) is 7.73. The van der Waals surface area contributed by atoms with Crippen molar-refractivity contribution in [3.05, 3.63) is 88.9 Å². The molecule has 0 aliphatic carbocycles. The van der Waals surface area contributed by atoms with Crippen LogP contribution in [0.25, 0.3) is 11.1 Å². The third-order valence-electron chi connectivity index (χ3n) is 3.88. The molecule has 0 saturated carbocycles. The zero-order chi connectivity index (χ0) is 17.6. The van der Waals surface area contributed by atoms with E-state index in [-0.39, 0.29) is 5.84 Å². The molecule has 0 fully saturated rings. The van der Waals surface area contributed by atoms with Crippen LogP contribution in [0.5, 0.6) is 0 Å². The van der Waals surface area contributed by atoms with Crippen LogP contribution in [0.2, 0.25) is 5.02 Å². The molecule has 0 aliphatic heterocycles. The number of amidine groups is 1. The Balaban J connectivity index is 1.69. The number of hydrogen-bond donors (Lipinski definition) is 3. The predicted molar refractivity (Wildman–Crippen MR) is 103 cm³/mol. The summed E-state index contributed by atoms with van der Waals surface area (Å²) in [6.45, 7) is 0.664. The fourth-order valence-electron chi connectivity index (χ4n) is 2.54. The lowest BCUT2D eigenvalue weighted by molar-refractivity contribution is 1.14. The zero-order valence-electron chi connectivity index (χ0n) is 13.5. The van der Waals surface area contributed by atoms with E-state index in [4.69, 9.17) is 22.5 Å². The monoisotopic (exact) mass is 348 g/mol. The molecule has 4 nitrogen and oxygen atoms in total. The molecule has 124 valence electrons. The summed E-state index contributed by atoms with van der Waals surface area (Å²) in [6, 6.07) is 23.4. The van der Waals surface area contributed by atoms with Crippen LogP contribution < -0.4 is 5.32 Å². The van der Waals surface area contributed by atoms with Crippen molar-refractivity contribution < 1.29 is 0 Å². The van der Waals surface area contributed by atoms with Crippen molar-refractivity contribution in [1.82, 2.24) is 0 Å². The number of nitrogens with zero attached hydrogens (tertiary/aromatic N) is 1. The highest BCUT2D eigenvalue weighted by Gasteiger charge is 2.03. The number of benzene rings is 3. The number of halogens is 1. The van der Waals surface area contributed by atoms with Crippen LogP contribution in [0.1, 0.15) is 11.1 Å². The molecule has 0 bridgehead atoms. The summed E-state index contributed by atoms with van der Waals surface area (Å²) < 4.78 is 0. The molecular formula is C20H17ClN4. The van der Waals surface area contributed by atoms with Crippen molar-refractivity contribution in [2.45, 2.75) is 6.54 Å². The molecule has 3 rings (SSSR count). The van der Waals surface area contributed by atoms with Gasteiger partial charge in [-0.3, -0.25) is 5.41 Å². The van der Waals surface area contributed by atoms with E-state index < -0.39 is 0 Å². The first-order chi connectivity index (χ1) is 12.2. The van der Waals surface area contributed by atoms with Gasteiger partial charge < -0.3 is 5.32 Å². The highest BCUT2D eigenvalue weighted by molar-refractivity contribution is 6.33. The summed E-state index contributed by atoms with van der Waals surface area (Å²) >= 11 is 6.24. The molecule has 25 heavy (non-hydrogen) atoms. The minimum absolute atomic E-state index is 0.0484. The predicted octanol–water partition coefficient (Wildman–Crippen LogP) is 5.98. The lowest BCUT2D eigenvalue weighted by Gasteiger charge is -2.09. The van der Waals surface area contributed by atoms with Crippen LogP contribution >= 0.6 is 11.6 Å². The minimum atomic E-state index is -0.0484. The first-order valence-corrected chi connectivity index (χ1v) is 8.19. The van der Waals surface area contributed by atoms with Gasteiger partial charge in [-0.25, -0.2) is 5.53 Å². The largest absolute Gasteiger partial charge is 0.381 e. The Morgan fingerprint density at radius 2 is 1.72 bits per heavy atom. The van der Waals surface area contributed by atoms with E-state index in [2.05, 4.69) is 34.7 Å². The molecule has 3 N–H and O–H groups in total. The van der Waals surface area contributed by atoms with Gasteiger partial charge in [0.25, 0.3) is 0 Å². The van der Waals surface area contributed by atoms with Crippen LogP contribution in [0.3, 0.4) is 0 Å². The van der Waals surface area contributed by atoms with E-state index >= 15 is 0 Å². The molecule has 0 atom stereocenters. The van der Waals surface area contributed by atoms with Crippen LogP contribution in [-0.4, -0.2) is 5.84 Å². The second-order valence-corrected chi connectivity index (χ2v) is 5.98. The highest BCUT2D eigenvalue weighted by Crippen LogP contribution is 2.27. The van der Waals surface area contributed by atoms with Gasteiger partial charge in [0.2, 0.25) is 0 Å². The molecule has 0 radical (unpaired) electrons. The molecule has 5 heteroatoms. The summed E-state index contributed by atoms with van der Waals surface area (Å²) in [5.74, 6) is -0.0484. The first kappa shape index (κ1) is 16.9. The number of rotatable bonds is 5. The Morgan fingerprint density at radius 1 is 0.960 bits per heavy atom. The van der Waals surface area contributed by atoms with Crippen LogP contribution in [-0.2, 0) is 6.54 Å². The van der Waals surface area contributed by atoms with Gasteiger partial charge in [-0.2, -0.15) is 0 Å². The van der Waals surface area contributed by atoms with Gasteiger partial charge in [-0.05, 0) is 29.3 Å². The summed E-state index contributed by atoms with van der Waals surface area (Å²) in [5.41, 5.74) is 11.7. The lowest BCUT2D eigenvalue weighted by atomic mass is 10.0. The van der Waals surface area contributed by atoms with Crippen molar-refractivity contribution in [3.8, 4) is 11.1 Å². The average molecular weight is 349 g/mol. The molecule has 0 saturated heterocycles. The van der Waals surface area contributed by atoms with Gasteiger partial charge >= 0.3 is 0 Å². The van der Waals surface area contributed by atoms with E-state index in [0.717, 1.165) is 27.4 Å². The smallest absolute Gasteiger partial charge is 0.173 e. The molecule has 0 amide bonds. The van der Waals surface area contributed by atoms with E-state index in [9.17, 15) is 0 Å². The van der Waals surface area contributed by atoms with Gasteiger partial charge in [0.05, 0.1) is 0 Å². The Morgan fingerprint density at radius 3 is 2.44 bits per heavy atom. The lowest BCUT2D eigenvalue weighted by Crippen LogP contribution is -2.01. The van der Waals surface area contributed by atoms with E-state index in [1.54, 1.807) is 6.07 Å². The molecule has 0 heterocycles. The van der Waals surface area contributed by atoms with Gasteiger partial charge in [0, 0.05) is 28.4 Å². The quantitative estimate of drug-likeness (QED) is 0.296. The van der Waals surface area contributed by atoms with Gasteiger partial charge in [-0.15, -0.1) is 5.11 Å². The third kappa shape index (κ3) is 4.11. The Hall–Kier alpha value is -2.98. The number of hydrogen-bond acceptors (Lipinski definition) is 3. The minimum Gasteiger partial charge on any atom is -0.381 e. The van der Waals surface area contributed by atoms with Crippen LogP contribution in [0.15, 0.2) is 77.9 Å². The molecule has 0 aromatic heterocycles. The SMILES string of the molecule is N=NC(=N)c1cccc(NCc2ccc(-c3ccccc3Cl)cc2)c1. The standard InChI is InChI=1S/C20H17ClN4/c21-19-7-2-1-6-18(19)15-10-8-14(9-11-15)13-24-17-5-3-4-16(12-17)20(22)25-23/h1-12,22-24H,13H2. The normalized spacial score (nSPS) is 10.3. The van der Waals surface area contributed by atoms with Gasteiger partial charge in [0.1, 0.15) is 0 Å².